The first-order valence-electron chi connectivity index (χ1n) is 9.83. The van der Waals surface area contributed by atoms with Crippen molar-refractivity contribution in [1.82, 2.24) is 14.9 Å². The van der Waals surface area contributed by atoms with Gasteiger partial charge in [0.2, 0.25) is 5.91 Å². The maximum Gasteiger partial charge on any atom is 0.244 e. The van der Waals surface area contributed by atoms with Crippen LogP contribution in [-0.2, 0) is 11.3 Å². The third kappa shape index (κ3) is 4.61. The zero-order chi connectivity index (χ0) is 20.9. The zero-order valence-corrected chi connectivity index (χ0v) is 17.4. The monoisotopic (exact) mass is 415 g/mol. The van der Waals surface area contributed by atoms with Crippen LogP contribution in [0.3, 0.4) is 0 Å². The standard InChI is InChI=1S/C25H22ClN3O/c1-18(27-24(30)16-13-19-7-3-2-4-8-19)25-28-22-9-5-6-10-23(22)29(25)17-20-11-14-21(26)15-12-20/h2-16,18H,17H2,1H3,(H,27,30)/b16-13-. The van der Waals surface area contributed by atoms with Crippen molar-refractivity contribution in [2.24, 2.45) is 0 Å². The minimum Gasteiger partial charge on any atom is -0.343 e. The molecule has 0 radical (unpaired) electrons. The highest BCUT2D eigenvalue weighted by molar-refractivity contribution is 6.30. The van der Waals surface area contributed by atoms with Crippen molar-refractivity contribution in [2.45, 2.75) is 19.5 Å². The zero-order valence-electron chi connectivity index (χ0n) is 16.6. The molecule has 1 N–H and O–H groups in total. The van der Waals surface area contributed by atoms with Gasteiger partial charge in [0.05, 0.1) is 17.1 Å². The van der Waals surface area contributed by atoms with Crippen molar-refractivity contribution < 1.29 is 4.79 Å². The fourth-order valence-electron chi connectivity index (χ4n) is 3.43. The Balaban J connectivity index is 1.58. The number of nitrogens with zero attached hydrogens (tertiary/aromatic N) is 2. The van der Waals surface area contributed by atoms with Gasteiger partial charge in [0.15, 0.2) is 0 Å². The lowest BCUT2D eigenvalue weighted by Crippen LogP contribution is -2.27. The minimum absolute atomic E-state index is 0.156. The van der Waals surface area contributed by atoms with E-state index in [2.05, 4.69) is 9.88 Å². The number of hydrogen-bond donors (Lipinski definition) is 1. The molecule has 4 aromatic rings. The van der Waals surface area contributed by atoms with Crippen molar-refractivity contribution in [3.05, 3.63) is 107 Å². The predicted octanol–water partition coefficient (Wildman–Crippen LogP) is 5.63. The van der Waals surface area contributed by atoms with E-state index in [1.807, 2.05) is 85.8 Å². The molecule has 0 aliphatic heterocycles. The van der Waals surface area contributed by atoms with Gasteiger partial charge in [0.25, 0.3) is 0 Å². The van der Waals surface area contributed by atoms with Gasteiger partial charge in [-0.25, -0.2) is 4.98 Å². The summed E-state index contributed by atoms with van der Waals surface area (Å²) < 4.78 is 2.14. The largest absolute Gasteiger partial charge is 0.343 e. The molecule has 30 heavy (non-hydrogen) atoms. The van der Waals surface area contributed by atoms with Gasteiger partial charge in [-0.1, -0.05) is 66.2 Å². The van der Waals surface area contributed by atoms with Crippen molar-refractivity contribution in [3.63, 3.8) is 0 Å². The van der Waals surface area contributed by atoms with Gasteiger partial charge in [0, 0.05) is 17.6 Å². The Hall–Kier alpha value is -3.37. The number of hydrogen-bond acceptors (Lipinski definition) is 2. The number of fused-ring (bicyclic) bond motifs is 1. The average Bonchev–Trinajstić information content (AvgIpc) is 3.13. The van der Waals surface area contributed by atoms with E-state index < -0.39 is 0 Å². The highest BCUT2D eigenvalue weighted by Gasteiger charge is 2.18. The molecule has 5 heteroatoms. The summed E-state index contributed by atoms with van der Waals surface area (Å²) in [5, 5.41) is 3.74. The number of aromatic nitrogens is 2. The SMILES string of the molecule is CC(NC(=O)/C=C\c1ccccc1)c1nc2ccccc2n1Cc1ccc(Cl)cc1. The van der Waals surface area contributed by atoms with E-state index in [1.165, 1.54) is 0 Å². The highest BCUT2D eigenvalue weighted by atomic mass is 35.5. The first kappa shape index (κ1) is 19.9. The third-order valence-corrected chi connectivity index (χ3v) is 5.16. The van der Waals surface area contributed by atoms with E-state index in [0.717, 1.165) is 28.0 Å². The summed E-state index contributed by atoms with van der Waals surface area (Å²) >= 11 is 6.03. The second-order valence-corrected chi connectivity index (χ2v) is 7.58. The molecule has 0 bridgehead atoms. The summed E-state index contributed by atoms with van der Waals surface area (Å²) in [5.74, 6) is 0.657. The molecule has 4 rings (SSSR count). The molecule has 1 atom stereocenters. The first-order valence-corrected chi connectivity index (χ1v) is 10.2. The normalized spacial score (nSPS) is 12.3. The lowest BCUT2D eigenvalue weighted by atomic mass is 10.2. The first-order chi connectivity index (χ1) is 14.6. The molecule has 0 aliphatic carbocycles. The van der Waals surface area contributed by atoms with Gasteiger partial charge in [-0.15, -0.1) is 0 Å². The predicted molar refractivity (Wildman–Crippen MR) is 122 cm³/mol. The molecule has 1 unspecified atom stereocenters. The molecule has 4 nitrogen and oxygen atoms in total. The van der Waals surface area contributed by atoms with Gasteiger partial charge in [-0.2, -0.15) is 0 Å². The Morgan fingerprint density at radius 3 is 2.50 bits per heavy atom. The number of imidazole rings is 1. The highest BCUT2D eigenvalue weighted by Crippen LogP contribution is 2.23. The lowest BCUT2D eigenvalue weighted by Gasteiger charge is -2.16. The Morgan fingerprint density at radius 1 is 1.03 bits per heavy atom. The molecule has 3 aromatic carbocycles. The Bertz CT molecular complexity index is 1180. The summed E-state index contributed by atoms with van der Waals surface area (Å²) in [4.78, 5) is 17.3. The van der Waals surface area contributed by atoms with Crippen LogP contribution in [0.1, 0.15) is 29.9 Å². The van der Waals surface area contributed by atoms with Crippen LogP contribution < -0.4 is 5.32 Å². The molecule has 0 saturated carbocycles. The molecule has 0 saturated heterocycles. The van der Waals surface area contributed by atoms with Crippen LogP contribution in [0.15, 0.2) is 84.9 Å². The number of amides is 1. The smallest absolute Gasteiger partial charge is 0.244 e. The lowest BCUT2D eigenvalue weighted by molar-refractivity contribution is -0.117. The summed E-state index contributed by atoms with van der Waals surface area (Å²) in [5.41, 5.74) is 4.03. The molecule has 1 heterocycles. The van der Waals surface area contributed by atoms with Gasteiger partial charge in [-0.05, 0) is 48.4 Å². The molecular weight excluding hydrogens is 394 g/mol. The number of rotatable bonds is 6. The van der Waals surface area contributed by atoms with E-state index >= 15 is 0 Å². The van der Waals surface area contributed by atoms with E-state index in [9.17, 15) is 4.79 Å². The van der Waals surface area contributed by atoms with Gasteiger partial charge in [0.1, 0.15) is 5.82 Å². The second-order valence-electron chi connectivity index (χ2n) is 7.15. The van der Waals surface area contributed by atoms with Gasteiger partial charge in [-0.3, -0.25) is 4.79 Å². The Labute approximate surface area is 180 Å². The maximum atomic E-state index is 12.5. The average molecular weight is 416 g/mol. The van der Waals surface area contributed by atoms with E-state index in [-0.39, 0.29) is 11.9 Å². The molecular formula is C25H22ClN3O. The van der Waals surface area contributed by atoms with Crippen LogP contribution in [0, 0.1) is 0 Å². The molecule has 150 valence electrons. The number of para-hydroxylation sites is 2. The van der Waals surface area contributed by atoms with Crippen LogP contribution in [0.25, 0.3) is 17.1 Å². The van der Waals surface area contributed by atoms with Crippen LogP contribution in [0.5, 0.6) is 0 Å². The van der Waals surface area contributed by atoms with Gasteiger partial charge >= 0.3 is 0 Å². The molecule has 1 amide bonds. The molecule has 0 fully saturated rings. The number of nitrogens with one attached hydrogen (secondary N) is 1. The van der Waals surface area contributed by atoms with Gasteiger partial charge < -0.3 is 9.88 Å². The Morgan fingerprint density at radius 2 is 1.73 bits per heavy atom. The third-order valence-electron chi connectivity index (χ3n) is 4.91. The number of carbonyl (C=O) groups is 1. The molecule has 1 aromatic heterocycles. The van der Waals surface area contributed by atoms with Crippen LogP contribution >= 0.6 is 11.6 Å². The fraction of sp³-hybridized carbons (Fsp3) is 0.120. The number of carbonyl (C=O) groups excluding carboxylic acids is 1. The topological polar surface area (TPSA) is 46.9 Å². The van der Waals surface area contributed by atoms with Crippen molar-refractivity contribution in [1.29, 1.82) is 0 Å². The number of halogens is 1. The maximum absolute atomic E-state index is 12.5. The van der Waals surface area contributed by atoms with E-state index in [1.54, 1.807) is 12.2 Å². The number of benzene rings is 3. The van der Waals surface area contributed by atoms with Crippen LogP contribution in [0.4, 0.5) is 0 Å². The van der Waals surface area contributed by atoms with E-state index in [4.69, 9.17) is 16.6 Å². The van der Waals surface area contributed by atoms with Crippen molar-refractivity contribution >= 4 is 34.6 Å². The fourth-order valence-corrected chi connectivity index (χ4v) is 3.55. The van der Waals surface area contributed by atoms with E-state index in [0.29, 0.717) is 11.6 Å². The van der Waals surface area contributed by atoms with Crippen LogP contribution in [-0.4, -0.2) is 15.5 Å². The summed E-state index contributed by atoms with van der Waals surface area (Å²) in [7, 11) is 0. The summed E-state index contributed by atoms with van der Waals surface area (Å²) in [6, 6.07) is 25.3. The second kappa shape index (κ2) is 8.97. The van der Waals surface area contributed by atoms with Crippen LogP contribution in [0.2, 0.25) is 5.02 Å². The Kier molecular flexibility index (Phi) is 5.96. The minimum atomic E-state index is -0.252. The summed E-state index contributed by atoms with van der Waals surface area (Å²) in [6.07, 6.45) is 3.36. The van der Waals surface area contributed by atoms with Crippen molar-refractivity contribution in [3.8, 4) is 0 Å². The summed E-state index contributed by atoms with van der Waals surface area (Å²) in [6.45, 7) is 2.60. The van der Waals surface area contributed by atoms with Crippen molar-refractivity contribution in [2.75, 3.05) is 0 Å². The molecule has 0 aliphatic rings. The quantitative estimate of drug-likeness (QED) is 0.415. The molecule has 0 spiro atoms.